The van der Waals surface area contributed by atoms with Gasteiger partial charge in [-0.25, -0.2) is 22.2 Å². The number of aryl methyl sites for hydroxylation is 1. The van der Waals surface area contributed by atoms with E-state index in [0.29, 0.717) is 11.3 Å². The number of hydrogen-bond acceptors (Lipinski definition) is 4. The lowest BCUT2D eigenvalue weighted by atomic mass is 10.1. The van der Waals surface area contributed by atoms with Gasteiger partial charge < -0.3 is 4.57 Å². The summed E-state index contributed by atoms with van der Waals surface area (Å²) in [7, 11) is -2.37. The maximum Gasteiger partial charge on any atom is 0.256 e. The molecular weight excluding hydrogens is 340 g/mol. The Labute approximate surface area is 137 Å². The summed E-state index contributed by atoms with van der Waals surface area (Å²) in [4.78, 5) is 16.1. The summed E-state index contributed by atoms with van der Waals surface area (Å²) in [5.41, 5.74) is 0.155. The minimum absolute atomic E-state index is 0.0757. The fraction of sp³-hybridized carbons (Fsp3) is 0.333. The minimum Gasteiger partial charge on any atom is -0.302 e. The SMILES string of the molecule is Cn1cnc2c(c1=O)CCN(S(=O)(=O)Cc1c(F)cccc1F)C2. The zero-order chi connectivity index (χ0) is 17.5. The first-order valence-electron chi connectivity index (χ1n) is 7.23. The van der Waals surface area contributed by atoms with Crippen molar-refractivity contribution in [2.24, 2.45) is 7.05 Å². The van der Waals surface area contributed by atoms with Crippen molar-refractivity contribution in [3.8, 4) is 0 Å². The third kappa shape index (κ3) is 2.96. The molecule has 0 saturated carbocycles. The first-order chi connectivity index (χ1) is 11.3. The zero-order valence-electron chi connectivity index (χ0n) is 12.9. The first-order valence-corrected chi connectivity index (χ1v) is 8.84. The van der Waals surface area contributed by atoms with Crippen LogP contribution >= 0.6 is 0 Å². The summed E-state index contributed by atoms with van der Waals surface area (Å²) < 4.78 is 54.9. The monoisotopic (exact) mass is 355 g/mol. The minimum atomic E-state index is -3.94. The lowest BCUT2D eigenvalue weighted by Crippen LogP contribution is -2.40. The van der Waals surface area contributed by atoms with Gasteiger partial charge in [-0.05, 0) is 18.6 Å². The number of rotatable bonds is 3. The third-order valence-corrected chi connectivity index (χ3v) is 5.78. The molecule has 0 aliphatic carbocycles. The summed E-state index contributed by atoms with van der Waals surface area (Å²) in [5.74, 6) is -2.57. The van der Waals surface area contributed by atoms with Crippen molar-refractivity contribution < 1.29 is 17.2 Å². The molecule has 0 spiro atoms. The van der Waals surface area contributed by atoms with Gasteiger partial charge in [0.15, 0.2) is 0 Å². The van der Waals surface area contributed by atoms with Crippen LogP contribution in [0, 0.1) is 11.6 Å². The molecule has 0 bridgehead atoms. The van der Waals surface area contributed by atoms with E-state index in [2.05, 4.69) is 4.98 Å². The lowest BCUT2D eigenvalue weighted by molar-refractivity contribution is 0.380. The van der Waals surface area contributed by atoms with Crippen LogP contribution in [0.25, 0.3) is 0 Å². The second-order valence-corrected chi connectivity index (χ2v) is 7.59. The lowest BCUT2D eigenvalue weighted by Gasteiger charge is -2.27. The second-order valence-electron chi connectivity index (χ2n) is 5.63. The van der Waals surface area contributed by atoms with Gasteiger partial charge in [0.25, 0.3) is 5.56 Å². The van der Waals surface area contributed by atoms with Gasteiger partial charge in [-0.3, -0.25) is 4.79 Å². The van der Waals surface area contributed by atoms with Crippen LogP contribution in [0.4, 0.5) is 8.78 Å². The molecule has 0 N–H and O–H groups in total. The Morgan fingerprint density at radius 3 is 2.58 bits per heavy atom. The number of benzene rings is 1. The maximum absolute atomic E-state index is 13.7. The second kappa shape index (κ2) is 6.06. The standard InChI is InChI=1S/C15H15F2N3O3S/c1-19-9-18-14-7-20(6-5-10(14)15(19)21)24(22,23)8-11-12(16)3-2-4-13(11)17/h2-4,9H,5-8H2,1H3. The Bertz CT molecular complexity index is 937. The summed E-state index contributed by atoms with van der Waals surface area (Å²) in [5, 5.41) is 0. The van der Waals surface area contributed by atoms with Crippen molar-refractivity contribution in [2.75, 3.05) is 6.54 Å². The molecular formula is C15H15F2N3O3S. The van der Waals surface area contributed by atoms with Gasteiger partial charge in [0.1, 0.15) is 11.6 Å². The van der Waals surface area contributed by atoms with Crippen molar-refractivity contribution in [3.63, 3.8) is 0 Å². The largest absolute Gasteiger partial charge is 0.302 e. The molecule has 0 atom stereocenters. The predicted molar refractivity (Wildman–Crippen MR) is 82.6 cm³/mol. The average molecular weight is 355 g/mol. The van der Waals surface area contributed by atoms with Gasteiger partial charge >= 0.3 is 0 Å². The molecule has 1 aromatic carbocycles. The highest BCUT2D eigenvalue weighted by molar-refractivity contribution is 7.88. The smallest absolute Gasteiger partial charge is 0.256 e. The van der Waals surface area contributed by atoms with Crippen LogP contribution in [0.3, 0.4) is 0 Å². The molecule has 2 aromatic rings. The van der Waals surface area contributed by atoms with Gasteiger partial charge in [0, 0.05) is 24.7 Å². The van der Waals surface area contributed by atoms with Crippen molar-refractivity contribution in [1.29, 1.82) is 0 Å². The average Bonchev–Trinajstić information content (AvgIpc) is 2.54. The summed E-state index contributed by atoms with van der Waals surface area (Å²) in [6, 6.07) is 3.22. The molecule has 1 aromatic heterocycles. The van der Waals surface area contributed by atoms with Gasteiger partial charge in [-0.1, -0.05) is 6.07 Å². The molecule has 6 nitrogen and oxygen atoms in total. The van der Waals surface area contributed by atoms with Gasteiger partial charge in [-0.15, -0.1) is 0 Å². The van der Waals surface area contributed by atoms with Crippen LogP contribution in [0.5, 0.6) is 0 Å². The molecule has 0 amide bonds. The van der Waals surface area contributed by atoms with Crippen LogP contribution in [0.2, 0.25) is 0 Å². The number of nitrogens with zero attached hydrogens (tertiary/aromatic N) is 3. The quantitative estimate of drug-likeness (QED) is 0.822. The predicted octanol–water partition coefficient (Wildman–Crippen LogP) is 0.947. The van der Waals surface area contributed by atoms with Crippen LogP contribution in [0.15, 0.2) is 29.3 Å². The third-order valence-electron chi connectivity index (χ3n) is 4.03. The van der Waals surface area contributed by atoms with E-state index in [1.165, 1.54) is 17.0 Å². The maximum atomic E-state index is 13.7. The Morgan fingerprint density at radius 1 is 1.25 bits per heavy atom. The van der Waals surface area contributed by atoms with Crippen molar-refractivity contribution in [2.45, 2.75) is 18.7 Å². The van der Waals surface area contributed by atoms with Crippen molar-refractivity contribution >= 4 is 10.0 Å². The zero-order valence-corrected chi connectivity index (χ0v) is 13.7. The molecule has 9 heteroatoms. The van der Waals surface area contributed by atoms with E-state index in [0.717, 1.165) is 16.4 Å². The normalized spacial score (nSPS) is 15.3. The highest BCUT2D eigenvalue weighted by Gasteiger charge is 2.30. The highest BCUT2D eigenvalue weighted by atomic mass is 32.2. The molecule has 2 heterocycles. The van der Waals surface area contributed by atoms with Gasteiger partial charge in [0.05, 0.1) is 24.3 Å². The van der Waals surface area contributed by atoms with E-state index >= 15 is 0 Å². The summed E-state index contributed by atoms with van der Waals surface area (Å²) in [6.07, 6.45) is 1.54. The van der Waals surface area contributed by atoms with E-state index in [1.54, 1.807) is 7.05 Å². The van der Waals surface area contributed by atoms with Crippen LogP contribution in [-0.2, 0) is 35.8 Å². The molecule has 0 saturated heterocycles. The van der Waals surface area contributed by atoms with Crippen molar-refractivity contribution in [1.82, 2.24) is 13.9 Å². The fourth-order valence-electron chi connectivity index (χ4n) is 2.67. The Hall–Kier alpha value is -2.13. The van der Waals surface area contributed by atoms with Crippen LogP contribution in [-0.4, -0.2) is 28.8 Å². The molecule has 1 aliphatic rings. The van der Waals surface area contributed by atoms with E-state index in [4.69, 9.17) is 0 Å². The molecule has 0 radical (unpaired) electrons. The Kier molecular flexibility index (Phi) is 4.22. The molecule has 24 heavy (non-hydrogen) atoms. The van der Waals surface area contributed by atoms with E-state index < -0.39 is 33.0 Å². The van der Waals surface area contributed by atoms with Gasteiger partial charge in [-0.2, -0.15) is 4.31 Å². The first kappa shape index (κ1) is 16.7. The van der Waals surface area contributed by atoms with Gasteiger partial charge in [0.2, 0.25) is 10.0 Å². The molecule has 128 valence electrons. The summed E-state index contributed by atoms with van der Waals surface area (Å²) in [6.45, 7) is -0.00381. The van der Waals surface area contributed by atoms with E-state index in [1.807, 2.05) is 0 Å². The summed E-state index contributed by atoms with van der Waals surface area (Å²) >= 11 is 0. The number of aromatic nitrogens is 2. The van der Waals surface area contributed by atoms with E-state index in [9.17, 15) is 22.0 Å². The molecule has 0 fully saturated rings. The number of halogens is 2. The van der Waals surface area contributed by atoms with E-state index in [-0.39, 0.29) is 25.1 Å². The molecule has 0 unspecified atom stereocenters. The molecule has 3 rings (SSSR count). The fourth-order valence-corrected chi connectivity index (χ4v) is 4.19. The topological polar surface area (TPSA) is 72.3 Å². The highest BCUT2D eigenvalue weighted by Crippen LogP contribution is 2.22. The number of hydrogen-bond donors (Lipinski definition) is 0. The van der Waals surface area contributed by atoms with Crippen LogP contribution < -0.4 is 5.56 Å². The Morgan fingerprint density at radius 2 is 1.92 bits per heavy atom. The van der Waals surface area contributed by atoms with Crippen LogP contribution in [0.1, 0.15) is 16.8 Å². The van der Waals surface area contributed by atoms with Crippen molar-refractivity contribution in [3.05, 3.63) is 63.3 Å². The Balaban J connectivity index is 1.89. The molecule has 1 aliphatic heterocycles. The number of sulfonamides is 1. The number of fused-ring (bicyclic) bond motifs is 1.